The van der Waals surface area contributed by atoms with Crippen LogP contribution in [-0.4, -0.2) is 11.8 Å². The third kappa shape index (κ3) is 6.80. The molecule has 0 aliphatic carbocycles. The van der Waals surface area contributed by atoms with Gasteiger partial charge in [0, 0.05) is 6.42 Å². The lowest BCUT2D eigenvalue weighted by atomic mass is 10.1. The average molecular weight is 170 g/mol. The van der Waals surface area contributed by atoms with Crippen molar-refractivity contribution in [1.29, 1.82) is 0 Å². The fraction of sp³-hybridized carbons (Fsp3) is 0.500. The van der Waals surface area contributed by atoms with E-state index in [4.69, 9.17) is 5.73 Å². The molecular weight excluding hydrogens is 156 g/mol. The monoisotopic (exact) mass is 170 g/mol. The number of rotatable bonds is 2. The Labute approximate surface area is 71.8 Å². The van der Waals surface area contributed by atoms with E-state index < -0.39 is 0 Å². The Morgan fingerprint density at radius 3 is 2.00 bits per heavy atom. The van der Waals surface area contributed by atoms with Crippen LogP contribution in [0.2, 0.25) is 0 Å². The zero-order valence-electron chi connectivity index (χ0n) is 7.39. The maximum Gasteiger partial charge on any atom is 0.271 e. The SMILES string of the molecule is C=C1NC1=O.CC(C)CC(N)=O. The molecule has 0 bridgehead atoms. The first kappa shape index (κ1) is 10.7. The van der Waals surface area contributed by atoms with Crippen LogP contribution in [0.15, 0.2) is 12.3 Å². The Morgan fingerprint density at radius 1 is 1.67 bits per heavy atom. The molecule has 0 radical (unpaired) electrons. The van der Waals surface area contributed by atoms with E-state index in [0.717, 1.165) is 0 Å². The van der Waals surface area contributed by atoms with Gasteiger partial charge in [0.2, 0.25) is 5.91 Å². The molecule has 0 spiro atoms. The van der Waals surface area contributed by atoms with Crippen LogP contribution < -0.4 is 11.1 Å². The largest absolute Gasteiger partial charge is 0.370 e. The van der Waals surface area contributed by atoms with Gasteiger partial charge in [-0.25, -0.2) is 0 Å². The fourth-order valence-corrected chi connectivity index (χ4v) is 0.508. The van der Waals surface area contributed by atoms with Crippen LogP contribution in [0.1, 0.15) is 20.3 Å². The number of hydrogen-bond donors (Lipinski definition) is 2. The van der Waals surface area contributed by atoms with Gasteiger partial charge in [-0.3, -0.25) is 9.59 Å². The summed E-state index contributed by atoms with van der Waals surface area (Å²) in [5.41, 5.74) is 5.39. The fourth-order valence-electron chi connectivity index (χ4n) is 0.508. The molecule has 0 aromatic heterocycles. The maximum absolute atomic E-state index is 10.0. The van der Waals surface area contributed by atoms with Gasteiger partial charge in [0.1, 0.15) is 0 Å². The molecule has 3 N–H and O–H groups in total. The van der Waals surface area contributed by atoms with Crippen LogP contribution in [-0.2, 0) is 9.59 Å². The molecule has 68 valence electrons. The molecule has 0 atom stereocenters. The van der Waals surface area contributed by atoms with Gasteiger partial charge in [0.05, 0.1) is 5.70 Å². The molecule has 2 amide bonds. The molecule has 1 heterocycles. The summed E-state index contributed by atoms with van der Waals surface area (Å²) in [4.78, 5) is 19.7. The summed E-state index contributed by atoms with van der Waals surface area (Å²) in [5, 5.41) is 2.36. The zero-order valence-corrected chi connectivity index (χ0v) is 7.39. The standard InChI is InChI=1S/C5H11NO.C3H3NO/c1-4(2)3-5(6)7;1-2-3(5)4-2/h4H,3H2,1-2H3,(H2,6,7);1H2,(H,4,5). The van der Waals surface area contributed by atoms with E-state index >= 15 is 0 Å². The number of nitrogens with two attached hydrogens (primary N) is 1. The molecule has 1 saturated heterocycles. The number of nitrogens with one attached hydrogen (secondary N) is 1. The second-order valence-corrected chi connectivity index (χ2v) is 3.00. The average Bonchev–Trinajstić information content (AvgIpc) is 2.42. The minimum Gasteiger partial charge on any atom is -0.370 e. The van der Waals surface area contributed by atoms with Gasteiger partial charge in [-0.05, 0) is 5.92 Å². The van der Waals surface area contributed by atoms with Gasteiger partial charge < -0.3 is 11.1 Å². The van der Waals surface area contributed by atoms with Crippen molar-refractivity contribution >= 4 is 11.8 Å². The lowest BCUT2D eigenvalue weighted by Gasteiger charge is -1.95. The van der Waals surface area contributed by atoms with Crippen molar-refractivity contribution in [1.82, 2.24) is 5.32 Å². The second kappa shape index (κ2) is 4.54. The van der Waals surface area contributed by atoms with E-state index in [-0.39, 0.29) is 11.8 Å². The summed E-state index contributed by atoms with van der Waals surface area (Å²) in [6.07, 6.45) is 0.500. The highest BCUT2D eigenvalue weighted by Crippen LogP contribution is 1.97. The molecule has 1 aliphatic rings. The van der Waals surface area contributed by atoms with Crippen molar-refractivity contribution in [2.24, 2.45) is 11.7 Å². The van der Waals surface area contributed by atoms with E-state index in [0.29, 0.717) is 18.0 Å². The summed E-state index contributed by atoms with van der Waals surface area (Å²) in [7, 11) is 0. The summed E-state index contributed by atoms with van der Waals surface area (Å²) in [6, 6.07) is 0. The number of primary amides is 1. The molecule has 0 unspecified atom stereocenters. The third-order valence-corrected chi connectivity index (χ3v) is 1.09. The van der Waals surface area contributed by atoms with Crippen molar-refractivity contribution in [3.8, 4) is 0 Å². The molecule has 12 heavy (non-hydrogen) atoms. The summed E-state index contributed by atoms with van der Waals surface area (Å²) >= 11 is 0. The molecule has 4 heteroatoms. The molecule has 1 fully saturated rings. The quantitative estimate of drug-likeness (QED) is 0.456. The van der Waals surface area contributed by atoms with Crippen molar-refractivity contribution in [3.05, 3.63) is 12.3 Å². The van der Waals surface area contributed by atoms with Crippen molar-refractivity contribution < 1.29 is 9.59 Å². The Bertz CT molecular complexity index is 197. The lowest BCUT2D eigenvalue weighted by Crippen LogP contribution is -2.12. The van der Waals surface area contributed by atoms with E-state index in [1.807, 2.05) is 13.8 Å². The van der Waals surface area contributed by atoms with E-state index in [1.165, 1.54) is 0 Å². The van der Waals surface area contributed by atoms with E-state index in [1.54, 1.807) is 0 Å². The Kier molecular flexibility index (Phi) is 4.04. The van der Waals surface area contributed by atoms with Gasteiger partial charge in [-0.1, -0.05) is 20.4 Å². The minimum atomic E-state index is -0.213. The Hall–Kier alpha value is -1.32. The normalized spacial score (nSPS) is 13.2. The van der Waals surface area contributed by atoms with Gasteiger partial charge >= 0.3 is 0 Å². The molecule has 1 rings (SSSR count). The summed E-state index contributed by atoms with van der Waals surface area (Å²) in [6.45, 7) is 7.21. The second-order valence-electron chi connectivity index (χ2n) is 3.00. The highest BCUT2D eigenvalue weighted by atomic mass is 16.2. The topological polar surface area (TPSA) is 82.1 Å². The van der Waals surface area contributed by atoms with E-state index in [2.05, 4.69) is 11.9 Å². The lowest BCUT2D eigenvalue weighted by molar-refractivity contribution is -0.118. The Morgan fingerprint density at radius 2 is 2.00 bits per heavy atom. The molecule has 0 aromatic carbocycles. The van der Waals surface area contributed by atoms with Crippen molar-refractivity contribution in [3.63, 3.8) is 0 Å². The zero-order chi connectivity index (χ0) is 9.72. The number of hydrogen-bond acceptors (Lipinski definition) is 2. The first-order valence-electron chi connectivity index (χ1n) is 3.72. The Balaban J connectivity index is 0.000000211. The number of carbonyl (C=O) groups excluding carboxylic acids is 2. The van der Waals surface area contributed by atoms with Gasteiger partial charge in [0.25, 0.3) is 5.91 Å². The molecular formula is C8H14N2O2. The van der Waals surface area contributed by atoms with Crippen molar-refractivity contribution in [2.45, 2.75) is 20.3 Å². The predicted molar refractivity (Wildman–Crippen MR) is 45.9 cm³/mol. The molecule has 1 aliphatic heterocycles. The molecule has 0 aromatic rings. The van der Waals surface area contributed by atoms with Crippen LogP contribution in [0.3, 0.4) is 0 Å². The van der Waals surface area contributed by atoms with Crippen molar-refractivity contribution in [2.75, 3.05) is 0 Å². The van der Waals surface area contributed by atoms with Gasteiger partial charge in [-0.2, -0.15) is 0 Å². The summed E-state index contributed by atoms with van der Waals surface area (Å²) in [5.74, 6) is 0.164. The van der Waals surface area contributed by atoms with Crippen LogP contribution in [0.4, 0.5) is 0 Å². The van der Waals surface area contributed by atoms with Crippen LogP contribution >= 0.6 is 0 Å². The number of amides is 2. The minimum absolute atomic E-state index is 0.0231. The molecule has 4 nitrogen and oxygen atoms in total. The van der Waals surface area contributed by atoms with E-state index in [9.17, 15) is 9.59 Å². The third-order valence-electron chi connectivity index (χ3n) is 1.09. The first-order valence-corrected chi connectivity index (χ1v) is 3.72. The summed E-state index contributed by atoms with van der Waals surface area (Å²) < 4.78 is 0. The predicted octanol–water partition coefficient (Wildman–Crippen LogP) is 0.148. The maximum atomic E-state index is 10.0. The van der Waals surface area contributed by atoms with Gasteiger partial charge in [-0.15, -0.1) is 0 Å². The van der Waals surface area contributed by atoms with Crippen LogP contribution in [0, 0.1) is 5.92 Å². The molecule has 0 saturated carbocycles. The van der Waals surface area contributed by atoms with Crippen LogP contribution in [0.5, 0.6) is 0 Å². The number of carbonyl (C=O) groups is 2. The van der Waals surface area contributed by atoms with Crippen LogP contribution in [0.25, 0.3) is 0 Å². The van der Waals surface area contributed by atoms with Gasteiger partial charge in [0.15, 0.2) is 0 Å². The highest BCUT2D eigenvalue weighted by Gasteiger charge is 2.20. The first-order chi connectivity index (χ1) is 5.43. The highest BCUT2D eigenvalue weighted by molar-refractivity contribution is 6.09. The smallest absolute Gasteiger partial charge is 0.271 e.